The van der Waals surface area contributed by atoms with Crippen molar-refractivity contribution in [3.63, 3.8) is 0 Å². The van der Waals surface area contributed by atoms with Gasteiger partial charge in [0.25, 0.3) is 10.0 Å². The lowest BCUT2D eigenvalue weighted by Gasteiger charge is -2.38. The maximum Gasteiger partial charge on any atom is 0.256 e. The van der Waals surface area contributed by atoms with Crippen LogP contribution < -0.4 is 10.6 Å². The molecule has 0 spiro atoms. The fourth-order valence-corrected chi connectivity index (χ4v) is 4.23. The summed E-state index contributed by atoms with van der Waals surface area (Å²) in [7, 11) is -4.06. The second kappa shape index (κ2) is 6.08. The Balaban J connectivity index is 2.34. The normalized spacial score (nSPS) is 24.2. The van der Waals surface area contributed by atoms with Crippen molar-refractivity contribution in [2.75, 3.05) is 5.73 Å². The van der Waals surface area contributed by atoms with E-state index in [4.69, 9.17) is 17.3 Å². The molecule has 8 heteroatoms. The van der Waals surface area contributed by atoms with Crippen molar-refractivity contribution < 1.29 is 12.8 Å². The molecule has 1 aliphatic heterocycles. The number of hydrogen-bond donors (Lipinski definition) is 2. The molecule has 1 aliphatic rings. The Labute approximate surface area is 129 Å². The molecule has 0 aliphatic carbocycles. The minimum absolute atomic E-state index is 0.0446. The molecule has 3 N–H and O–H groups in total. The third kappa shape index (κ3) is 3.48. The van der Waals surface area contributed by atoms with Gasteiger partial charge in [0, 0.05) is 17.8 Å². The van der Waals surface area contributed by atoms with Crippen LogP contribution in [0.1, 0.15) is 33.1 Å². The van der Waals surface area contributed by atoms with Gasteiger partial charge in [-0.15, -0.1) is 4.83 Å². The van der Waals surface area contributed by atoms with E-state index in [1.165, 1.54) is 6.07 Å². The van der Waals surface area contributed by atoms with Crippen molar-refractivity contribution in [2.24, 2.45) is 0 Å². The number of piperidine rings is 1. The topological polar surface area (TPSA) is 75.4 Å². The first kappa shape index (κ1) is 16.5. The van der Waals surface area contributed by atoms with Crippen LogP contribution in [0.3, 0.4) is 0 Å². The molecule has 0 aromatic heterocycles. The molecule has 0 radical (unpaired) electrons. The summed E-state index contributed by atoms with van der Waals surface area (Å²) in [5, 5.41) is 1.34. The Hall–Kier alpha value is -0.890. The third-order valence-corrected chi connectivity index (χ3v) is 5.33. The number of sulfonamides is 1. The van der Waals surface area contributed by atoms with E-state index in [0.717, 1.165) is 25.3 Å². The van der Waals surface area contributed by atoms with Gasteiger partial charge in [-0.25, -0.2) is 17.8 Å². The van der Waals surface area contributed by atoms with Crippen molar-refractivity contribution in [1.82, 2.24) is 9.84 Å². The molecule has 5 nitrogen and oxygen atoms in total. The van der Waals surface area contributed by atoms with E-state index in [1.54, 1.807) is 5.01 Å². The second-order valence-corrected chi connectivity index (χ2v) is 7.48. The van der Waals surface area contributed by atoms with Crippen LogP contribution in [-0.2, 0) is 10.0 Å². The summed E-state index contributed by atoms with van der Waals surface area (Å²) in [4.78, 5) is 1.93. The van der Waals surface area contributed by atoms with Crippen molar-refractivity contribution in [3.05, 3.63) is 23.0 Å². The zero-order valence-corrected chi connectivity index (χ0v) is 13.5. The quantitative estimate of drug-likeness (QED) is 0.832. The molecule has 0 saturated carbocycles. The fourth-order valence-electron chi connectivity index (χ4n) is 2.57. The summed E-state index contributed by atoms with van der Waals surface area (Å²) in [6, 6.07) is 2.34. The smallest absolute Gasteiger partial charge is 0.256 e. The van der Waals surface area contributed by atoms with Crippen molar-refractivity contribution in [3.8, 4) is 0 Å². The maximum atomic E-state index is 14.0. The lowest BCUT2D eigenvalue weighted by molar-refractivity contribution is 0.0789. The number of nitrogens with two attached hydrogens (primary N) is 1. The molecule has 1 aromatic rings. The van der Waals surface area contributed by atoms with Crippen LogP contribution in [0.2, 0.25) is 5.02 Å². The van der Waals surface area contributed by atoms with Gasteiger partial charge in [0.2, 0.25) is 0 Å². The number of hydrazine groups is 1. The number of halogens is 2. The summed E-state index contributed by atoms with van der Waals surface area (Å²) in [6.07, 6.45) is 2.80. The molecule has 21 heavy (non-hydrogen) atoms. The molecular weight excluding hydrogens is 317 g/mol. The number of nitrogens with zero attached hydrogens (tertiary/aromatic N) is 1. The highest BCUT2D eigenvalue weighted by Crippen LogP contribution is 2.27. The molecule has 2 rings (SSSR count). The van der Waals surface area contributed by atoms with Crippen LogP contribution in [0.15, 0.2) is 17.0 Å². The summed E-state index contributed by atoms with van der Waals surface area (Å²) in [6.45, 7) is 3.86. The molecule has 1 fully saturated rings. The van der Waals surface area contributed by atoms with E-state index >= 15 is 0 Å². The molecule has 0 bridgehead atoms. The minimum atomic E-state index is -4.06. The highest BCUT2D eigenvalue weighted by molar-refractivity contribution is 7.89. The van der Waals surface area contributed by atoms with Gasteiger partial charge in [-0.1, -0.05) is 18.0 Å². The molecular formula is C13H19ClFN3O2S. The Kier molecular flexibility index (Phi) is 4.77. The zero-order chi connectivity index (χ0) is 15.8. The van der Waals surface area contributed by atoms with Crippen molar-refractivity contribution in [1.29, 1.82) is 0 Å². The van der Waals surface area contributed by atoms with E-state index in [2.05, 4.69) is 4.83 Å². The lowest BCUT2D eigenvalue weighted by atomic mass is 10.0. The standard InChI is InChI=1S/C13H19ClFN3O2S/c1-8-4-3-5-9(2)18(8)17-21(19,20)12-7-10(16)6-11(14)13(12)15/h6-9,17H,3-5,16H2,1-2H3. The van der Waals surface area contributed by atoms with Gasteiger partial charge < -0.3 is 5.73 Å². The predicted octanol–water partition coefficient (Wildman–Crippen LogP) is 2.52. The summed E-state index contributed by atoms with van der Waals surface area (Å²) in [5.74, 6) is -0.990. The number of benzene rings is 1. The Morgan fingerprint density at radius 3 is 2.48 bits per heavy atom. The van der Waals surface area contributed by atoms with E-state index < -0.39 is 20.7 Å². The minimum Gasteiger partial charge on any atom is -0.399 e. The van der Waals surface area contributed by atoms with Crippen molar-refractivity contribution >= 4 is 27.3 Å². The Morgan fingerprint density at radius 1 is 1.33 bits per heavy atom. The van der Waals surface area contributed by atoms with Gasteiger partial charge in [-0.2, -0.15) is 0 Å². The van der Waals surface area contributed by atoms with Gasteiger partial charge in [0.05, 0.1) is 5.02 Å². The van der Waals surface area contributed by atoms with Crippen LogP contribution in [0.5, 0.6) is 0 Å². The Bertz CT molecular complexity index is 629. The molecule has 1 aromatic carbocycles. The molecule has 2 unspecified atom stereocenters. The number of rotatable bonds is 3. The van der Waals surface area contributed by atoms with Gasteiger partial charge in [-0.3, -0.25) is 0 Å². The van der Waals surface area contributed by atoms with E-state index in [-0.39, 0.29) is 22.8 Å². The first-order valence-corrected chi connectivity index (χ1v) is 8.64. The summed E-state index contributed by atoms with van der Waals surface area (Å²) >= 11 is 5.66. The fraction of sp³-hybridized carbons (Fsp3) is 0.538. The zero-order valence-electron chi connectivity index (χ0n) is 11.9. The van der Waals surface area contributed by atoms with Gasteiger partial charge in [0.15, 0.2) is 5.82 Å². The second-order valence-electron chi connectivity index (χ2n) is 5.45. The molecule has 2 atom stereocenters. The summed E-state index contributed by atoms with van der Waals surface area (Å²) < 4.78 is 38.8. The van der Waals surface area contributed by atoms with Crippen LogP contribution in [0.25, 0.3) is 0 Å². The highest BCUT2D eigenvalue weighted by atomic mass is 35.5. The van der Waals surface area contributed by atoms with E-state index in [9.17, 15) is 12.8 Å². The number of nitrogen functional groups attached to an aromatic ring is 1. The first-order chi connectivity index (χ1) is 9.72. The van der Waals surface area contributed by atoms with Crippen LogP contribution in [0, 0.1) is 5.82 Å². The molecule has 1 heterocycles. The van der Waals surface area contributed by atoms with Crippen LogP contribution in [-0.4, -0.2) is 25.5 Å². The van der Waals surface area contributed by atoms with Crippen LogP contribution in [0.4, 0.5) is 10.1 Å². The van der Waals surface area contributed by atoms with Gasteiger partial charge in [0.1, 0.15) is 4.90 Å². The average Bonchev–Trinajstić information content (AvgIpc) is 2.38. The number of hydrogen-bond acceptors (Lipinski definition) is 4. The van der Waals surface area contributed by atoms with Gasteiger partial charge in [-0.05, 0) is 38.8 Å². The monoisotopic (exact) mass is 335 g/mol. The first-order valence-electron chi connectivity index (χ1n) is 6.77. The van der Waals surface area contributed by atoms with E-state index in [0.29, 0.717) is 0 Å². The maximum absolute atomic E-state index is 14.0. The van der Waals surface area contributed by atoms with E-state index in [1.807, 2.05) is 13.8 Å². The third-order valence-electron chi connectivity index (χ3n) is 3.73. The predicted molar refractivity (Wildman–Crippen MR) is 80.8 cm³/mol. The molecule has 118 valence electrons. The lowest BCUT2D eigenvalue weighted by Crippen LogP contribution is -2.54. The number of anilines is 1. The molecule has 1 saturated heterocycles. The van der Waals surface area contributed by atoms with Gasteiger partial charge >= 0.3 is 0 Å². The molecule has 0 amide bonds. The SMILES string of the molecule is CC1CCCC(C)N1NS(=O)(=O)c1cc(N)cc(Cl)c1F. The average molecular weight is 336 g/mol. The highest BCUT2D eigenvalue weighted by Gasteiger charge is 2.31. The van der Waals surface area contributed by atoms with Crippen LogP contribution >= 0.6 is 11.6 Å². The largest absolute Gasteiger partial charge is 0.399 e. The number of nitrogens with one attached hydrogen (secondary N) is 1. The van der Waals surface area contributed by atoms with Crippen molar-refractivity contribution in [2.45, 2.75) is 50.1 Å². The Morgan fingerprint density at radius 2 is 1.90 bits per heavy atom. The summed E-state index contributed by atoms with van der Waals surface area (Å²) in [5.41, 5.74) is 5.65.